The fourth-order valence-electron chi connectivity index (χ4n) is 0.935. The van der Waals surface area contributed by atoms with Crippen molar-refractivity contribution in [3.63, 3.8) is 0 Å². The number of nitrogens with two attached hydrogens (primary N) is 1. The molecule has 0 amide bonds. The standard InChI is InChI=1S/C8H9NO2S/c1-6-4-8(9)3-2-7(6)5-12(10)11/h2-5H,9H2,1H3. The zero-order valence-corrected chi connectivity index (χ0v) is 7.43. The van der Waals surface area contributed by atoms with Gasteiger partial charge >= 0.3 is 0 Å². The molecule has 0 heterocycles. The first-order valence-corrected chi connectivity index (χ1v) is 4.52. The van der Waals surface area contributed by atoms with Gasteiger partial charge in [-0.25, -0.2) is 0 Å². The highest BCUT2D eigenvalue weighted by atomic mass is 32.2. The Morgan fingerprint density at radius 1 is 1.42 bits per heavy atom. The number of rotatable bonds is 1. The summed E-state index contributed by atoms with van der Waals surface area (Å²) in [4.78, 5) is 0. The minimum absolute atomic E-state index is 0.640. The average Bonchev–Trinajstić information content (AvgIpc) is 1.94. The van der Waals surface area contributed by atoms with Crippen molar-refractivity contribution in [2.75, 3.05) is 5.73 Å². The molecular weight excluding hydrogens is 174 g/mol. The molecule has 0 unspecified atom stereocenters. The van der Waals surface area contributed by atoms with Crippen LogP contribution in [-0.4, -0.2) is 13.8 Å². The monoisotopic (exact) mass is 183 g/mol. The van der Waals surface area contributed by atoms with Gasteiger partial charge < -0.3 is 5.73 Å². The van der Waals surface area contributed by atoms with Gasteiger partial charge in [-0.2, -0.15) is 8.42 Å². The molecule has 1 aromatic carbocycles. The lowest BCUT2D eigenvalue weighted by Gasteiger charge is -1.98. The van der Waals surface area contributed by atoms with Gasteiger partial charge in [-0.3, -0.25) is 0 Å². The van der Waals surface area contributed by atoms with Crippen molar-refractivity contribution >= 4 is 21.3 Å². The maximum Gasteiger partial charge on any atom is 0.214 e. The van der Waals surface area contributed by atoms with Crippen LogP contribution in [0, 0.1) is 6.92 Å². The molecule has 0 bridgehead atoms. The van der Waals surface area contributed by atoms with E-state index in [1.54, 1.807) is 18.2 Å². The molecular formula is C8H9NO2S. The number of nitrogen functional groups attached to an aromatic ring is 1. The van der Waals surface area contributed by atoms with E-state index in [-0.39, 0.29) is 0 Å². The third-order valence-corrected chi connectivity index (χ3v) is 1.96. The highest BCUT2D eigenvalue weighted by Crippen LogP contribution is 2.09. The van der Waals surface area contributed by atoms with Gasteiger partial charge in [0.05, 0.1) is 5.37 Å². The fourth-order valence-corrected chi connectivity index (χ4v) is 1.41. The number of hydrogen-bond donors (Lipinski definition) is 1. The van der Waals surface area contributed by atoms with Crippen LogP contribution in [0.5, 0.6) is 0 Å². The van der Waals surface area contributed by atoms with E-state index in [4.69, 9.17) is 5.73 Å². The number of hydrogen-bond acceptors (Lipinski definition) is 3. The van der Waals surface area contributed by atoms with Crippen LogP contribution < -0.4 is 5.73 Å². The topological polar surface area (TPSA) is 60.2 Å². The first kappa shape index (κ1) is 8.80. The molecule has 0 atom stereocenters. The van der Waals surface area contributed by atoms with E-state index >= 15 is 0 Å². The average molecular weight is 183 g/mol. The highest BCUT2D eigenvalue weighted by Gasteiger charge is 1.94. The van der Waals surface area contributed by atoms with Crippen LogP contribution >= 0.6 is 0 Å². The Morgan fingerprint density at radius 2 is 2.08 bits per heavy atom. The normalized spacial score (nSPS) is 9.42. The molecule has 1 aromatic rings. The van der Waals surface area contributed by atoms with Gasteiger partial charge in [-0.15, -0.1) is 0 Å². The summed E-state index contributed by atoms with van der Waals surface area (Å²) in [6, 6.07) is 5.09. The van der Waals surface area contributed by atoms with E-state index in [0.29, 0.717) is 11.3 Å². The van der Waals surface area contributed by atoms with E-state index < -0.39 is 10.3 Å². The largest absolute Gasteiger partial charge is 0.399 e. The zero-order valence-electron chi connectivity index (χ0n) is 6.61. The second-order valence-corrected chi connectivity index (χ2v) is 3.25. The van der Waals surface area contributed by atoms with Crippen LogP contribution in [0.3, 0.4) is 0 Å². The Morgan fingerprint density at radius 3 is 2.58 bits per heavy atom. The molecule has 0 radical (unpaired) electrons. The van der Waals surface area contributed by atoms with Crippen LogP contribution in [0.15, 0.2) is 18.2 Å². The maximum atomic E-state index is 10.3. The molecule has 0 saturated carbocycles. The van der Waals surface area contributed by atoms with Crippen molar-refractivity contribution in [1.29, 1.82) is 0 Å². The van der Waals surface area contributed by atoms with Gasteiger partial charge in [0.25, 0.3) is 0 Å². The van der Waals surface area contributed by atoms with Gasteiger partial charge in [-0.1, -0.05) is 6.07 Å². The lowest BCUT2D eigenvalue weighted by molar-refractivity contribution is 0.627. The lowest BCUT2D eigenvalue weighted by Crippen LogP contribution is -1.91. The van der Waals surface area contributed by atoms with Crippen LogP contribution in [0.2, 0.25) is 0 Å². The molecule has 12 heavy (non-hydrogen) atoms. The summed E-state index contributed by atoms with van der Waals surface area (Å²) in [6.07, 6.45) is 0. The fraction of sp³-hybridized carbons (Fsp3) is 0.125. The number of anilines is 1. The maximum absolute atomic E-state index is 10.3. The van der Waals surface area contributed by atoms with Crippen LogP contribution in [0.1, 0.15) is 11.1 Å². The van der Waals surface area contributed by atoms with E-state index in [1.165, 1.54) is 0 Å². The first-order valence-electron chi connectivity index (χ1n) is 3.38. The summed E-state index contributed by atoms with van der Waals surface area (Å²) >= 11 is 0. The summed E-state index contributed by atoms with van der Waals surface area (Å²) in [7, 11) is -2.15. The van der Waals surface area contributed by atoms with E-state index in [0.717, 1.165) is 10.9 Å². The van der Waals surface area contributed by atoms with E-state index in [2.05, 4.69) is 0 Å². The Balaban J connectivity index is 3.28. The summed E-state index contributed by atoms with van der Waals surface area (Å²) in [5.41, 5.74) is 7.67. The van der Waals surface area contributed by atoms with Crippen molar-refractivity contribution in [3.8, 4) is 0 Å². The van der Waals surface area contributed by atoms with Crippen LogP contribution in [-0.2, 0) is 10.3 Å². The van der Waals surface area contributed by atoms with Crippen molar-refractivity contribution in [2.45, 2.75) is 6.92 Å². The Hall–Kier alpha value is -1.29. The molecule has 0 aliphatic rings. The van der Waals surface area contributed by atoms with Crippen LogP contribution in [0.4, 0.5) is 5.69 Å². The van der Waals surface area contributed by atoms with Crippen molar-refractivity contribution in [2.24, 2.45) is 0 Å². The smallest absolute Gasteiger partial charge is 0.214 e. The third-order valence-electron chi connectivity index (χ3n) is 1.52. The van der Waals surface area contributed by atoms with Crippen molar-refractivity contribution in [1.82, 2.24) is 0 Å². The predicted octanol–water partition coefficient (Wildman–Crippen LogP) is 0.607. The zero-order chi connectivity index (χ0) is 9.14. The SMILES string of the molecule is Cc1cc(N)ccc1C=S(=O)=O. The van der Waals surface area contributed by atoms with Crippen molar-refractivity contribution < 1.29 is 8.42 Å². The molecule has 64 valence electrons. The first-order chi connectivity index (χ1) is 5.59. The van der Waals surface area contributed by atoms with Crippen molar-refractivity contribution in [3.05, 3.63) is 29.3 Å². The third kappa shape index (κ3) is 2.10. The minimum Gasteiger partial charge on any atom is -0.399 e. The predicted molar refractivity (Wildman–Crippen MR) is 49.7 cm³/mol. The molecule has 0 saturated heterocycles. The number of benzene rings is 1. The van der Waals surface area contributed by atoms with Crippen LogP contribution in [0.25, 0.3) is 0 Å². The molecule has 0 aromatic heterocycles. The van der Waals surface area contributed by atoms with Gasteiger partial charge in [-0.05, 0) is 30.2 Å². The molecule has 3 nitrogen and oxygen atoms in total. The molecule has 0 spiro atoms. The van der Waals surface area contributed by atoms with Gasteiger partial charge in [0.2, 0.25) is 10.3 Å². The van der Waals surface area contributed by atoms with Gasteiger partial charge in [0, 0.05) is 5.69 Å². The highest BCUT2D eigenvalue weighted by molar-refractivity contribution is 7.71. The summed E-state index contributed by atoms with van der Waals surface area (Å²) in [6.45, 7) is 1.81. The van der Waals surface area contributed by atoms with Gasteiger partial charge in [0.15, 0.2) is 0 Å². The summed E-state index contributed by atoms with van der Waals surface area (Å²) in [5, 5.41) is 1.16. The minimum atomic E-state index is -2.15. The Labute approximate surface area is 72.4 Å². The molecule has 2 N–H and O–H groups in total. The Kier molecular flexibility index (Phi) is 2.50. The lowest BCUT2D eigenvalue weighted by atomic mass is 10.1. The van der Waals surface area contributed by atoms with E-state index in [1.807, 2.05) is 6.92 Å². The quantitative estimate of drug-likeness (QED) is 0.512. The van der Waals surface area contributed by atoms with Gasteiger partial charge in [0.1, 0.15) is 0 Å². The molecule has 0 aliphatic carbocycles. The molecule has 4 heteroatoms. The Bertz CT molecular complexity index is 413. The second-order valence-electron chi connectivity index (χ2n) is 2.49. The van der Waals surface area contributed by atoms with E-state index in [9.17, 15) is 8.42 Å². The summed E-state index contributed by atoms with van der Waals surface area (Å²) in [5.74, 6) is 0. The number of aryl methyl sites for hydroxylation is 1. The second kappa shape index (κ2) is 3.40. The molecule has 0 aliphatic heterocycles. The molecule has 0 fully saturated rings. The summed E-state index contributed by atoms with van der Waals surface area (Å²) < 4.78 is 20.6. The molecule has 1 rings (SSSR count).